The fraction of sp³-hybridized carbons (Fsp3) is 0. The van der Waals surface area contributed by atoms with Crippen molar-refractivity contribution in [3.63, 3.8) is 0 Å². The minimum absolute atomic E-state index is 0.341. The minimum Gasteiger partial charge on any atom is -0.551 e. The molecule has 0 N–H and O–H groups in total. The van der Waals surface area contributed by atoms with Crippen LogP contribution < -0.4 is 41.1 Å². The van der Waals surface area contributed by atoms with Gasteiger partial charge in [0.05, 0.1) is 11.0 Å². The smallest absolute Gasteiger partial charge is 0.434 e. The molecule has 10 aromatic carbocycles. The largest absolute Gasteiger partial charge is 0.551 e. The van der Waals surface area contributed by atoms with E-state index in [2.05, 4.69) is 247 Å². The highest BCUT2D eigenvalue weighted by molar-refractivity contribution is 7.19. The number of aromatic nitrogens is 1. The van der Waals surface area contributed by atoms with E-state index in [0.29, 0.717) is 0 Å². The van der Waals surface area contributed by atoms with Gasteiger partial charge in [0.15, 0.2) is 8.07 Å². The number of fused-ring (bicyclic) bond motifs is 7. The third-order valence-electron chi connectivity index (χ3n) is 13.6. The molecule has 0 radical (unpaired) electrons. The van der Waals surface area contributed by atoms with Crippen LogP contribution in [0.1, 0.15) is 0 Å². The molecule has 0 unspecified atom stereocenters. The van der Waals surface area contributed by atoms with Crippen LogP contribution in [0.2, 0.25) is 0 Å². The number of benzene rings is 10. The molecule has 3 nitrogen and oxygen atoms in total. The van der Waals surface area contributed by atoms with Gasteiger partial charge in [-0.25, -0.2) is 0 Å². The van der Waals surface area contributed by atoms with E-state index in [1.807, 2.05) is 0 Å². The van der Waals surface area contributed by atoms with Crippen LogP contribution in [0.5, 0.6) is 17.2 Å². The Balaban J connectivity index is 0.934. The number of nitrogens with zero attached hydrogens (tertiary/aromatic N) is 1. The third-order valence-corrected chi connectivity index (χ3v) is 18.4. The molecule has 0 saturated carbocycles. The zero-order valence-electron chi connectivity index (χ0n) is 35.4. The molecule has 13 rings (SSSR count). The van der Waals surface area contributed by atoms with Crippen molar-refractivity contribution in [3.05, 3.63) is 243 Å². The summed E-state index contributed by atoms with van der Waals surface area (Å²) in [6.45, 7) is -0.341. The lowest BCUT2D eigenvalue weighted by Crippen LogP contribution is -2.74. The van der Waals surface area contributed by atoms with Crippen molar-refractivity contribution < 1.29 is 9.39 Å². The number of para-hydroxylation sites is 3. The van der Waals surface area contributed by atoms with Crippen LogP contribution in [0.15, 0.2) is 243 Å². The van der Waals surface area contributed by atoms with Crippen molar-refractivity contribution >= 4 is 68.5 Å². The van der Waals surface area contributed by atoms with Crippen molar-refractivity contribution in [1.82, 2.24) is 4.57 Å². The van der Waals surface area contributed by atoms with Gasteiger partial charge in [0.1, 0.15) is 17.2 Å². The first-order valence-electron chi connectivity index (χ1n) is 22.3. The summed E-state index contributed by atoms with van der Waals surface area (Å²) in [5.74, 6) is 2.51. The maximum Gasteiger partial charge on any atom is 0.434 e. The summed E-state index contributed by atoms with van der Waals surface area (Å²) in [4.78, 5) is 0. The second-order valence-electron chi connectivity index (χ2n) is 17.1. The van der Waals surface area contributed by atoms with Gasteiger partial charge >= 0.3 is 6.92 Å². The Hall–Kier alpha value is -8.12. The van der Waals surface area contributed by atoms with Gasteiger partial charge in [-0.3, -0.25) is 0 Å². The van der Waals surface area contributed by atoms with Gasteiger partial charge in [-0.15, -0.1) is 0 Å². The van der Waals surface area contributed by atoms with E-state index < -0.39 is 8.07 Å². The molecule has 0 fully saturated rings. The highest BCUT2D eigenvalue weighted by Crippen LogP contribution is 2.42. The molecule has 0 saturated heterocycles. The monoisotopic (exact) mass is 845 g/mol. The third kappa shape index (κ3) is 5.90. The first-order valence-corrected chi connectivity index (χ1v) is 24.3. The van der Waals surface area contributed by atoms with Gasteiger partial charge < -0.3 is 14.0 Å². The Labute approximate surface area is 379 Å². The summed E-state index contributed by atoms with van der Waals surface area (Å²) >= 11 is 0. The van der Waals surface area contributed by atoms with Crippen LogP contribution in [0.3, 0.4) is 0 Å². The van der Waals surface area contributed by atoms with Gasteiger partial charge in [-0.2, -0.15) is 0 Å². The number of ether oxygens (including phenoxy) is 1. The molecule has 0 aliphatic carbocycles. The van der Waals surface area contributed by atoms with Gasteiger partial charge in [0.25, 0.3) is 0 Å². The Morgan fingerprint density at radius 3 is 1.58 bits per heavy atom. The quantitative estimate of drug-likeness (QED) is 0.118. The standard InChI is InChI=1S/C60H40BNO2Si/c1-4-21-46(22-5-1)65(47-23-6-2-7-24-47,48-25-8-3-9-26-48)49-27-17-19-42(37-49)43-34-35-58-54(39-43)61-60-53(52-30-12-15-33-57(52)64-61)38-44(40-59(60)63-58)41-18-16-20-45(36-41)62-55-31-13-10-28-50(55)51-29-11-14-32-56(51)62/h1-40H. The number of rotatable bonds is 7. The molecular formula is C60H40BNO2Si. The molecule has 0 amide bonds. The van der Waals surface area contributed by atoms with Crippen molar-refractivity contribution in [1.29, 1.82) is 0 Å². The summed E-state index contributed by atoms with van der Waals surface area (Å²) in [6, 6.07) is 88.4. The van der Waals surface area contributed by atoms with Gasteiger partial charge in [-0.1, -0.05) is 194 Å². The van der Waals surface area contributed by atoms with Crippen LogP contribution in [0.4, 0.5) is 0 Å². The fourth-order valence-corrected chi connectivity index (χ4v) is 15.5. The molecule has 0 bridgehead atoms. The number of hydrogen-bond donors (Lipinski definition) is 0. The zero-order chi connectivity index (χ0) is 42.9. The molecule has 304 valence electrons. The van der Waals surface area contributed by atoms with Crippen LogP contribution in [-0.4, -0.2) is 19.6 Å². The maximum absolute atomic E-state index is 7.03. The maximum atomic E-state index is 7.03. The normalized spacial score (nSPS) is 12.5. The van der Waals surface area contributed by atoms with Crippen LogP contribution in [-0.2, 0) is 0 Å². The van der Waals surface area contributed by atoms with Crippen LogP contribution >= 0.6 is 0 Å². The summed E-state index contributed by atoms with van der Waals surface area (Å²) < 4.78 is 16.4. The van der Waals surface area contributed by atoms with E-state index in [-0.39, 0.29) is 6.92 Å². The van der Waals surface area contributed by atoms with Gasteiger partial charge in [0, 0.05) is 32.9 Å². The Morgan fingerprint density at radius 2 is 0.908 bits per heavy atom. The van der Waals surface area contributed by atoms with E-state index in [4.69, 9.17) is 9.39 Å². The second-order valence-corrected chi connectivity index (χ2v) is 20.9. The molecule has 65 heavy (non-hydrogen) atoms. The number of hydrogen-bond acceptors (Lipinski definition) is 2. The highest BCUT2D eigenvalue weighted by Gasteiger charge is 2.43. The van der Waals surface area contributed by atoms with E-state index in [0.717, 1.165) is 67.2 Å². The fourth-order valence-electron chi connectivity index (χ4n) is 10.7. The first kappa shape index (κ1) is 37.4. The van der Waals surface area contributed by atoms with Crippen LogP contribution in [0.25, 0.3) is 60.9 Å². The van der Waals surface area contributed by atoms with Crippen molar-refractivity contribution in [2.24, 2.45) is 0 Å². The first-order chi connectivity index (χ1) is 32.2. The topological polar surface area (TPSA) is 23.4 Å². The van der Waals surface area contributed by atoms with E-state index in [1.165, 1.54) is 42.6 Å². The zero-order valence-corrected chi connectivity index (χ0v) is 36.4. The van der Waals surface area contributed by atoms with Crippen molar-refractivity contribution in [2.45, 2.75) is 0 Å². The second kappa shape index (κ2) is 15.0. The Bertz CT molecular complexity index is 3470. The predicted molar refractivity (Wildman–Crippen MR) is 273 cm³/mol. The lowest BCUT2D eigenvalue weighted by molar-refractivity contribution is 0.479. The Kier molecular flexibility index (Phi) is 8.65. The summed E-state index contributed by atoms with van der Waals surface area (Å²) in [5.41, 5.74) is 12.3. The van der Waals surface area contributed by atoms with E-state index in [9.17, 15) is 0 Å². The highest BCUT2D eigenvalue weighted by atomic mass is 28.3. The molecule has 11 aromatic rings. The molecular weight excluding hydrogens is 806 g/mol. The van der Waals surface area contributed by atoms with E-state index in [1.54, 1.807) is 0 Å². The minimum atomic E-state index is -2.73. The molecule has 2 aliphatic rings. The molecule has 0 atom stereocenters. The molecule has 5 heteroatoms. The average molecular weight is 846 g/mol. The predicted octanol–water partition coefficient (Wildman–Crippen LogP) is 10.8. The molecule has 2 aliphatic heterocycles. The van der Waals surface area contributed by atoms with Crippen molar-refractivity contribution in [2.75, 3.05) is 0 Å². The molecule has 0 spiro atoms. The Morgan fingerprint density at radius 1 is 0.354 bits per heavy atom. The van der Waals surface area contributed by atoms with E-state index >= 15 is 0 Å². The SMILES string of the molecule is c1ccc([Si](c2ccccc2)(c2ccccc2)c2cccc(-c3ccc4c(c3)B3Oc5ccccc5-c5cc(-c6cccc(-n7c8ccccc8c8ccccc87)c6)cc(c53)O4)c2)cc1. The van der Waals surface area contributed by atoms with Gasteiger partial charge in [0.2, 0.25) is 0 Å². The average Bonchev–Trinajstić information content (AvgIpc) is 3.72. The lowest BCUT2D eigenvalue weighted by Gasteiger charge is -2.35. The summed E-state index contributed by atoms with van der Waals surface area (Å²) in [5, 5.41) is 7.88. The summed E-state index contributed by atoms with van der Waals surface area (Å²) in [7, 11) is -2.73. The lowest BCUT2D eigenvalue weighted by atomic mass is 9.50. The molecule has 3 heterocycles. The van der Waals surface area contributed by atoms with Crippen LogP contribution in [0, 0.1) is 0 Å². The molecule has 1 aromatic heterocycles. The summed E-state index contributed by atoms with van der Waals surface area (Å²) in [6.07, 6.45) is 0. The van der Waals surface area contributed by atoms with Crippen molar-refractivity contribution in [3.8, 4) is 56.3 Å². The van der Waals surface area contributed by atoms with Gasteiger partial charge in [-0.05, 0) is 97.1 Å².